The number of piperidine rings is 1. The molecule has 32 heavy (non-hydrogen) atoms. The smallest absolute Gasteiger partial charge is 0.414 e. The lowest BCUT2D eigenvalue weighted by molar-refractivity contribution is 0.0329. The van der Waals surface area contributed by atoms with Crippen molar-refractivity contribution >= 4 is 40.9 Å². The summed E-state index contributed by atoms with van der Waals surface area (Å²) in [5.41, 5.74) is 2.30. The van der Waals surface area contributed by atoms with E-state index in [2.05, 4.69) is 17.0 Å². The first-order valence-corrected chi connectivity index (χ1v) is 11.8. The molecule has 168 valence electrons. The highest BCUT2D eigenvalue weighted by molar-refractivity contribution is 6.37. The Bertz CT molecular complexity index is 1030. The van der Waals surface area contributed by atoms with Crippen LogP contribution in [0.4, 0.5) is 10.5 Å². The third-order valence-electron chi connectivity index (χ3n) is 6.80. The molecule has 0 bridgehead atoms. The van der Waals surface area contributed by atoms with Crippen LogP contribution in [0.25, 0.3) is 0 Å². The summed E-state index contributed by atoms with van der Waals surface area (Å²) in [7, 11) is 0. The number of rotatable bonds is 3. The van der Waals surface area contributed by atoms with Gasteiger partial charge >= 0.3 is 6.09 Å². The first-order valence-electron chi connectivity index (χ1n) is 11.0. The Morgan fingerprint density at radius 1 is 0.969 bits per heavy atom. The fourth-order valence-electron chi connectivity index (χ4n) is 5.04. The molecule has 3 aliphatic heterocycles. The van der Waals surface area contributed by atoms with Crippen molar-refractivity contribution in [2.24, 2.45) is 0 Å². The molecule has 2 atom stereocenters. The van der Waals surface area contributed by atoms with Gasteiger partial charge in [0.05, 0.1) is 22.8 Å². The number of piperazine rings is 1. The van der Waals surface area contributed by atoms with Crippen LogP contribution in [-0.2, 0) is 4.74 Å². The molecule has 0 aromatic heterocycles. The standard InChI is InChI=1S/C24H25Cl2N3O3/c25-18-7-4-16(5-8-18)17-6-9-19-15-28(11-10-27(19)14-17)23(30)20-2-1-3-21(22(20)26)29-12-13-32-24(29)31/h1-5,7-8,17,19H,6,9-15H2/t17-,19+/m0/s1. The second-order valence-corrected chi connectivity index (χ2v) is 9.44. The van der Waals surface area contributed by atoms with Crippen LogP contribution >= 0.6 is 23.2 Å². The molecule has 3 aliphatic rings. The molecule has 8 heteroatoms. The summed E-state index contributed by atoms with van der Waals surface area (Å²) >= 11 is 12.6. The monoisotopic (exact) mass is 473 g/mol. The molecule has 0 saturated carbocycles. The van der Waals surface area contributed by atoms with Crippen molar-refractivity contribution in [3.8, 4) is 0 Å². The van der Waals surface area contributed by atoms with Crippen molar-refractivity contribution in [2.45, 2.75) is 24.8 Å². The highest BCUT2D eigenvalue weighted by atomic mass is 35.5. The lowest BCUT2D eigenvalue weighted by Crippen LogP contribution is -2.57. The minimum atomic E-state index is -0.428. The zero-order valence-electron chi connectivity index (χ0n) is 17.7. The molecule has 2 aromatic carbocycles. The number of carbonyl (C=O) groups excluding carboxylic acids is 2. The van der Waals surface area contributed by atoms with Crippen molar-refractivity contribution in [1.29, 1.82) is 0 Å². The van der Waals surface area contributed by atoms with Crippen LogP contribution in [0.1, 0.15) is 34.7 Å². The summed E-state index contributed by atoms with van der Waals surface area (Å²) in [5.74, 6) is 0.418. The number of halogens is 2. The van der Waals surface area contributed by atoms with Crippen LogP contribution in [0.5, 0.6) is 0 Å². The summed E-state index contributed by atoms with van der Waals surface area (Å²) in [6.45, 7) is 3.96. The van der Waals surface area contributed by atoms with Crippen molar-refractivity contribution in [3.63, 3.8) is 0 Å². The van der Waals surface area contributed by atoms with Gasteiger partial charge in [-0.15, -0.1) is 0 Å². The Morgan fingerprint density at radius 2 is 1.78 bits per heavy atom. The third kappa shape index (κ3) is 4.07. The number of cyclic esters (lactones) is 1. The predicted molar refractivity (Wildman–Crippen MR) is 125 cm³/mol. The summed E-state index contributed by atoms with van der Waals surface area (Å²) in [6, 6.07) is 13.8. The number of hydrogen-bond acceptors (Lipinski definition) is 4. The van der Waals surface area contributed by atoms with Gasteiger partial charge in [0.1, 0.15) is 6.61 Å². The Labute approximate surface area is 197 Å². The number of benzene rings is 2. The number of fused-ring (bicyclic) bond motifs is 1. The van der Waals surface area contributed by atoms with E-state index in [1.54, 1.807) is 18.2 Å². The highest BCUT2D eigenvalue weighted by Gasteiger charge is 2.36. The number of ether oxygens (including phenoxy) is 1. The van der Waals surface area contributed by atoms with Gasteiger partial charge in [0.25, 0.3) is 5.91 Å². The summed E-state index contributed by atoms with van der Waals surface area (Å²) in [6.07, 6.45) is 1.71. The van der Waals surface area contributed by atoms with E-state index in [-0.39, 0.29) is 5.91 Å². The number of nitrogens with zero attached hydrogens (tertiary/aromatic N) is 3. The molecule has 6 nitrogen and oxygen atoms in total. The van der Waals surface area contributed by atoms with E-state index in [0.29, 0.717) is 54.5 Å². The summed E-state index contributed by atoms with van der Waals surface area (Å²) in [4.78, 5) is 31.2. The van der Waals surface area contributed by atoms with Gasteiger partial charge < -0.3 is 9.64 Å². The Kier molecular flexibility index (Phi) is 6.01. The summed E-state index contributed by atoms with van der Waals surface area (Å²) < 4.78 is 5.02. The predicted octanol–water partition coefficient (Wildman–Crippen LogP) is 4.65. The van der Waals surface area contributed by atoms with E-state index >= 15 is 0 Å². The van der Waals surface area contributed by atoms with Gasteiger partial charge in [-0.2, -0.15) is 0 Å². The molecule has 5 rings (SSSR count). The maximum atomic E-state index is 13.3. The topological polar surface area (TPSA) is 53.1 Å². The summed E-state index contributed by atoms with van der Waals surface area (Å²) in [5, 5.41) is 1.07. The van der Waals surface area contributed by atoms with Gasteiger partial charge in [0, 0.05) is 37.2 Å². The molecule has 3 heterocycles. The van der Waals surface area contributed by atoms with E-state index in [9.17, 15) is 9.59 Å². The maximum Gasteiger partial charge on any atom is 0.414 e. The second-order valence-electron chi connectivity index (χ2n) is 8.63. The third-order valence-corrected chi connectivity index (χ3v) is 7.45. The minimum Gasteiger partial charge on any atom is -0.447 e. The van der Waals surface area contributed by atoms with Gasteiger partial charge in [0.15, 0.2) is 0 Å². The maximum absolute atomic E-state index is 13.3. The molecule has 0 N–H and O–H groups in total. The van der Waals surface area contributed by atoms with E-state index in [1.165, 1.54) is 10.5 Å². The van der Waals surface area contributed by atoms with E-state index in [1.807, 2.05) is 17.0 Å². The first-order chi connectivity index (χ1) is 15.5. The van der Waals surface area contributed by atoms with Crippen LogP contribution in [-0.4, -0.2) is 67.2 Å². The molecule has 0 radical (unpaired) electrons. The Hall–Kier alpha value is -2.28. The number of hydrogen-bond donors (Lipinski definition) is 0. The normalized spacial score (nSPS) is 23.8. The van der Waals surface area contributed by atoms with Gasteiger partial charge in [-0.25, -0.2) is 4.79 Å². The lowest BCUT2D eigenvalue weighted by Gasteiger charge is -2.46. The van der Waals surface area contributed by atoms with Crippen LogP contribution in [0, 0.1) is 0 Å². The van der Waals surface area contributed by atoms with Crippen molar-refractivity contribution < 1.29 is 14.3 Å². The molecule has 0 spiro atoms. The molecular weight excluding hydrogens is 449 g/mol. The molecule has 3 fully saturated rings. The quantitative estimate of drug-likeness (QED) is 0.650. The van der Waals surface area contributed by atoms with Gasteiger partial charge in [0.2, 0.25) is 0 Å². The molecule has 2 amide bonds. The van der Waals surface area contributed by atoms with E-state index in [4.69, 9.17) is 27.9 Å². The van der Waals surface area contributed by atoms with Crippen LogP contribution < -0.4 is 4.90 Å². The molecular formula is C24H25Cl2N3O3. The highest BCUT2D eigenvalue weighted by Crippen LogP contribution is 2.35. The SMILES string of the molecule is O=C(c1cccc(N2CCOC2=O)c1Cl)N1CCN2C[C@@H](c3ccc(Cl)cc3)CC[C@@H]2C1. The average Bonchev–Trinajstić information content (AvgIpc) is 3.24. The molecule has 3 saturated heterocycles. The second kappa shape index (κ2) is 8.93. The fraction of sp³-hybridized carbons (Fsp3) is 0.417. The average molecular weight is 474 g/mol. The Morgan fingerprint density at radius 3 is 2.53 bits per heavy atom. The number of amides is 2. The first kappa shape index (κ1) is 21.6. The van der Waals surface area contributed by atoms with Crippen LogP contribution in [0.15, 0.2) is 42.5 Å². The number of carbonyl (C=O) groups is 2. The number of anilines is 1. The van der Waals surface area contributed by atoms with E-state index < -0.39 is 6.09 Å². The zero-order chi connectivity index (χ0) is 22.2. The van der Waals surface area contributed by atoms with Crippen LogP contribution in [0.3, 0.4) is 0 Å². The largest absolute Gasteiger partial charge is 0.447 e. The van der Waals surface area contributed by atoms with Gasteiger partial charge in [-0.1, -0.05) is 41.4 Å². The molecule has 0 unspecified atom stereocenters. The van der Waals surface area contributed by atoms with Crippen molar-refractivity contribution in [2.75, 3.05) is 44.2 Å². The molecule has 0 aliphatic carbocycles. The Balaban J connectivity index is 1.27. The van der Waals surface area contributed by atoms with Gasteiger partial charge in [-0.05, 0) is 48.6 Å². The fourth-order valence-corrected chi connectivity index (χ4v) is 5.48. The molecule has 2 aromatic rings. The van der Waals surface area contributed by atoms with Gasteiger partial charge in [-0.3, -0.25) is 14.6 Å². The van der Waals surface area contributed by atoms with E-state index in [0.717, 1.165) is 31.0 Å². The lowest BCUT2D eigenvalue weighted by atomic mass is 9.86. The van der Waals surface area contributed by atoms with Crippen molar-refractivity contribution in [3.05, 3.63) is 63.6 Å². The zero-order valence-corrected chi connectivity index (χ0v) is 19.2. The minimum absolute atomic E-state index is 0.0797. The van der Waals surface area contributed by atoms with Crippen molar-refractivity contribution in [1.82, 2.24) is 9.80 Å². The van der Waals surface area contributed by atoms with Crippen LogP contribution in [0.2, 0.25) is 10.0 Å².